The fourth-order valence-corrected chi connectivity index (χ4v) is 4.01. The van der Waals surface area contributed by atoms with Crippen LogP contribution in [0.4, 0.5) is 5.69 Å². The van der Waals surface area contributed by atoms with Crippen molar-refractivity contribution < 1.29 is 14.3 Å². The third kappa shape index (κ3) is 5.75. The summed E-state index contributed by atoms with van der Waals surface area (Å²) in [4.78, 5) is 25.0. The average Bonchev–Trinajstić information content (AvgIpc) is 3.33. The summed E-state index contributed by atoms with van der Waals surface area (Å²) in [6.45, 7) is 1.48. The van der Waals surface area contributed by atoms with Crippen molar-refractivity contribution in [3.05, 3.63) is 90.5 Å². The van der Waals surface area contributed by atoms with E-state index in [0.29, 0.717) is 22.2 Å². The van der Waals surface area contributed by atoms with Crippen LogP contribution in [0.5, 0.6) is 0 Å². The van der Waals surface area contributed by atoms with E-state index in [0.717, 1.165) is 11.3 Å². The second-order valence-corrected chi connectivity index (χ2v) is 8.35. The summed E-state index contributed by atoms with van der Waals surface area (Å²) in [6, 6.07) is 27.9. The van der Waals surface area contributed by atoms with Gasteiger partial charge in [-0.15, -0.1) is 10.2 Å². The highest BCUT2D eigenvalue weighted by Gasteiger charge is 2.21. The third-order valence-electron chi connectivity index (χ3n) is 4.98. The van der Waals surface area contributed by atoms with Crippen molar-refractivity contribution in [1.82, 2.24) is 14.8 Å². The quantitative estimate of drug-likeness (QED) is 0.291. The monoisotopic (exact) mass is 483 g/mol. The zero-order chi connectivity index (χ0) is 24.6. The number of thioether (sulfide) groups is 1. The molecule has 0 bridgehead atoms. The number of nitriles is 1. The van der Waals surface area contributed by atoms with Gasteiger partial charge in [0.25, 0.3) is 5.91 Å². The van der Waals surface area contributed by atoms with Crippen LogP contribution in [-0.4, -0.2) is 38.5 Å². The first-order valence-corrected chi connectivity index (χ1v) is 11.7. The van der Waals surface area contributed by atoms with Gasteiger partial charge in [-0.2, -0.15) is 5.26 Å². The van der Waals surface area contributed by atoms with Crippen molar-refractivity contribution in [3.8, 4) is 23.1 Å². The molecule has 0 saturated carbocycles. The van der Waals surface area contributed by atoms with Crippen LogP contribution in [-0.2, 0) is 14.3 Å². The Kier molecular flexibility index (Phi) is 7.55. The Balaban J connectivity index is 1.44. The molecule has 1 aromatic heterocycles. The lowest BCUT2D eigenvalue weighted by atomic mass is 10.2. The number of rotatable bonds is 8. The zero-order valence-electron chi connectivity index (χ0n) is 18.8. The number of amides is 1. The Morgan fingerprint density at radius 1 is 1.00 bits per heavy atom. The third-order valence-corrected chi connectivity index (χ3v) is 5.88. The molecule has 0 unspecified atom stereocenters. The van der Waals surface area contributed by atoms with E-state index >= 15 is 0 Å². The normalized spacial score (nSPS) is 11.3. The molecule has 0 aliphatic rings. The molecule has 0 radical (unpaired) electrons. The second kappa shape index (κ2) is 11.1. The van der Waals surface area contributed by atoms with Crippen LogP contribution in [0, 0.1) is 11.3 Å². The number of para-hydroxylation sites is 2. The van der Waals surface area contributed by atoms with Crippen LogP contribution in [0.1, 0.15) is 12.5 Å². The minimum atomic E-state index is -1.04. The second-order valence-electron chi connectivity index (χ2n) is 7.41. The first-order valence-electron chi connectivity index (χ1n) is 10.8. The lowest BCUT2D eigenvalue weighted by molar-refractivity contribution is -0.150. The minimum Gasteiger partial charge on any atom is -0.452 e. The van der Waals surface area contributed by atoms with Gasteiger partial charge in [0, 0.05) is 11.3 Å². The molecular weight excluding hydrogens is 462 g/mol. The standard InChI is InChI=1S/C26H21N5O3S/c1-18(25(33)28-22-15-9-8-12-20(22)16-27)34-23(32)17-35-26-30-29-24(19-10-4-2-5-11-19)31(26)21-13-6-3-7-14-21/h2-15,18H,17H2,1H3,(H,28,33)/t18-/m0/s1. The van der Waals surface area contributed by atoms with Gasteiger partial charge < -0.3 is 10.1 Å². The SMILES string of the molecule is C[C@H](OC(=O)CSc1nnc(-c2ccccc2)n1-c1ccccc1)C(=O)Nc1ccccc1C#N. The summed E-state index contributed by atoms with van der Waals surface area (Å²) in [5.74, 6) is -0.511. The van der Waals surface area contributed by atoms with Crippen molar-refractivity contribution in [2.24, 2.45) is 0 Å². The molecule has 35 heavy (non-hydrogen) atoms. The molecule has 0 aliphatic heterocycles. The molecule has 0 saturated heterocycles. The van der Waals surface area contributed by atoms with Gasteiger partial charge in [0.2, 0.25) is 0 Å². The highest BCUT2D eigenvalue weighted by atomic mass is 32.2. The summed E-state index contributed by atoms with van der Waals surface area (Å²) in [5.41, 5.74) is 2.43. The number of carbonyl (C=O) groups excluding carboxylic acids is 2. The fraction of sp³-hybridized carbons (Fsp3) is 0.115. The van der Waals surface area contributed by atoms with Gasteiger partial charge in [0.1, 0.15) is 6.07 Å². The molecule has 1 atom stereocenters. The smallest absolute Gasteiger partial charge is 0.317 e. The van der Waals surface area contributed by atoms with Gasteiger partial charge in [-0.05, 0) is 31.2 Å². The molecule has 0 aliphatic carbocycles. The van der Waals surface area contributed by atoms with E-state index in [9.17, 15) is 14.9 Å². The number of esters is 1. The molecule has 9 heteroatoms. The van der Waals surface area contributed by atoms with Crippen LogP contribution in [0.3, 0.4) is 0 Å². The molecule has 0 spiro atoms. The topological polar surface area (TPSA) is 110 Å². The fourth-order valence-electron chi connectivity index (χ4n) is 3.28. The first kappa shape index (κ1) is 23.7. The van der Waals surface area contributed by atoms with Crippen molar-refractivity contribution in [2.45, 2.75) is 18.2 Å². The number of carbonyl (C=O) groups is 2. The van der Waals surface area contributed by atoms with Gasteiger partial charge in [-0.25, -0.2) is 0 Å². The van der Waals surface area contributed by atoms with Crippen LogP contribution >= 0.6 is 11.8 Å². The molecular formula is C26H21N5O3S. The summed E-state index contributed by atoms with van der Waals surface area (Å²) in [6.07, 6.45) is -1.04. The van der Waals surface area contributed by atoms with Crippen molar-refractivity contribution >= 4 is 29.3 Å². The Morgan fingerprint density at radius 3 is 2.37 bits per heavy atom. The zero-order valence-corrected chi connectivity index (χ0v) is 19.6. The Labute approximate surface area is 206 Å². The first-order chi connectivity index (χ1) is 17.1. The van der Waals surface area contributed by atoms with E-state index < -0.39 is 18.0 Å². The van der Waals surface area contributed by atoms with Gasteiger partial charge in [0.15, 0.2) is 17.1 Å². The number of hydrogen-bond acceptors (Lipinski definition) is 7. The molecule has 4 aromatic rings. The largest absolute Gasteiger partial charge is 0.452 e. The molecule has 1 heterocycles. The van der Waals surface area contributed by atoms with Crippen molar-refractivity contribution in [1.29, 1.82) is 5.26 Å². The molecule has 4 rings (SSSR count). The lowest BCUT2D eigenvalue weighted by Crippen LogP contribution is -2.30. The lowest BCUT2D eigenvalue weighted by Gasteiger charge is -2.14. The number of benzene rings is 3. The van der Waals surface area contributed by atoms with Gasteiger partial charge in [-0.3, -0.25) is 14.2 Å². The van der Waals surface area contributed by atoms with Crippen molar-refractivity contribution in [3.63, 3.8) is 0 Å². The van der Waals surface area contributed by atoms with E-state index in [4.69, 9.17) is 4.74 Å². The summed E-state index contributed by atoms with van der Waals surface area (Å²) < 4.78 is 7.18. The summed E-state index contributed by atoms with van der Waals surface area (Å²) >= 11 is 1.17. The van der Waals surface area contributed by atoms with E-state index in [1.54, 1.807) is 24.3 Å². The minimum absolute atomic E-state index is 0.0633. The number of nitrogens with zero attached hydrogens (tertiary/aromatic N) is 4. The molecule has 3 aromatic carbocycles. The predicted molar refractivity (Wildman–Crippen MR) is 133 cm³/mol. The van der Waals surface area contributed by atoms with E-state index in [-0.39, 0.29) is 5.75 Å². The Morgan fingerprint density at radius 2 is 1.66 bits per heavy atom. The number of ether oxygens (including phenoxy) is 1. The molecule has 8 nitrogen and oxygen atoms in total. The van der Waals surface area contributed by atoms with Crippen LogP contribution in [0.15, 0.2) is 90.1 Å². The predicted octanol–water partition coefficient (Wildman–Crippen LogP) is 4.47. The van der Waals surface area contributed by atoms with Crippen molar-refractivity contribution in [2.75, 3.05) is 11.1 Å². The molecule has 1 N–H and O–H groups in total. The molecule has 1 amide bonds. The van der Waals surface area contributed by atoms with E-state index in [2.05, 4.69) is 15.5 Å². The van der Waals surface area contributed by atoms with Crippen LogP contribution in [0.2, 0.25) is 0 Å². The van der Waals surface area contributed by atoms with Gasteiger partial charge in [-0.1, -0.05) is 72.4 Å². The number of hydrogen-bond donors (Lipinski definition) is 1. The van der Waals surface area contributed by atoms with E-state index in [1.165, 1.54) is 18.7 Å². The maximum absolute atomic E-state index is 12.5. The summed E-state index contributed by atoms with van der Waals surface area (Å²) in [7, 11) is 0. The molecule has 0 fully saturated rings. The highest BCUT2D eigenvalue weighted by Crippen LogP contribution is 2.28. The van der Waals surface area contributed by atoms with Gasteiger partial charge >= 0.3 is 5.97 Å². The number of aromatic nitrogens is 3. The summed E-state index contributed by atoms with van der Waals surface area (Å²) in [5, 5.41) is 20.9. The highest BCUT2D eigenvalue weighted by molar-refractivity contribution is 7.99. The van der Waals surface area contributed by atoms with E-state index in [1.807, 2.05) is 71.3 Å². The number of anilines is 1. The Hall–Kier alpha value is -4.42. The molecule has 174 valence electrons. The Bertz CT molecular complexity index is 1370. The number of nitrogens with one attached hydrogen (secondary N) is 1. The maximum atomic E-state index is 12.5. The van der Waals surface area contributed by atoms with Gasteiger partial charge in [0.05, 0.1) is 17.0 Å². The van der Waals surface area contributed by atoms with Crippen LogP contribution in [0.25, 0.3) is 17.1 Å². The maximum Gasteiger partial charge on any atom is 0.317 e. The van der Waals surface area contributed by atoms with Crippen LogP contribution < -0.4 is 5.32 Å². The average molecular weight is 484 g/mol.